The maximum absolute atomic E-state index is 5.87. The summed E-state index contributed by atoms with van der Waals surface area (Å²) in [7, 11) is 0. The molecule has 0 bridgehead atoms. The predicted octanol–water partition coefficient (Wildman–Crippen LogP) is 1.94. The van der Waals surface area contributed by atoms with E-state index in [1.165, 1.54) is 0 Å². The Hall–Kier alpha value is -0.810. The fourth-order valence-electron chi connectivity index (χ4n) is 2.47. The lowest BCUT2D eigenvalue weighted by Crippen LogP contribution is -2.47. The Labute approximate surface area is 136 Å². The molecule has 130 valence electrons. The van der Waals surface area contributed by atoms with Crippen LogP contribution in [-0.2, 0) is 4.74 Å². The number of hydrogen-bond donors (Lipinski definition) is 2. The second kappa shape index (κ2) is 10.1. The van der Waals surface area contributed by atoms with Gasteiger partial charge in [0.15, 0.2) is 5.96 Å². The first kappa shape index (κ1) is 19.2. The quantitative estimate of drug-likeness (QED) is 0.557. The van der Waals surface area contributed by atoms with Gasteiger partial charge in [0, 0.05) is 32.2 Å². The molecule has 5 nitrogen and oxygen atoms in total. The maximum Gasteiger partial charge on any atom is 0.191 e. The first-order chi connectivity index (χ1) is 10.4. The summed E-state index contributed by atoms with van der Waals surface area (Å²) < 4.78 is 5.87. The summed E-state index contributed by atoms with van der Waals surface area (Å²) in [5, 5.41) is 6.79. The van der Waals surface area contributed by atoms with Gasteiger partial charge in [0.25, 0.3) is 0 Å². The summed E-state index contributed by atoms with van der Waals surface area (Å²) in [6.07, 6.45) is 0.206. The minimum atomic E-state index is 0.206. The molecule has 2 N–H and O–H groups in total. The molecule has 1 rings (SSSR count). The van der Waals surface area contributed by atoms with Crippen molar-refractivity contribution in [2.45, 2.75) is 53.7 Å². The Morgan fingerprint density at radius 2 is 2.00 bits per heavy atom. The number of morpholine rings is 1. The third kappa shape index (κ3) is 7.45. The summed E-state index contributed by atoms with van der Waals surface area (Å²) in [5.41, 5.74) is 0. The Morgan fingerprint density at radius 3 is 2.59 bits per heavy atom. The van der Waals surface area contributed by atoms with Gasteiger partial charge in [-0.1, -0.05) is 27.7 Å². The van der Waals surface area contributed by atoms with Crippen molar-refractivity contribution >= 4 is 5.96 Å². The number of guanidine groups is 1. The van der Waals surface area contributed by atoms with Crippen molar-refractivity contribution in [2.24, 2.45) is 16.8 Å². The molecule has 1 aliphatic rings. The highest BCUT2D eigenvalue weighted by Gasteiger charge is 2.21. The van der Waals surface area contributed by atoms with Crippen LogP contribution in [0.5, 0.6) is 0 Å². The van der Waals surface area contributed by atoms with E-state index < -0.39 is 0 Å². The van der Waals surface area contributed by atoms with Gasteiger partial charge >= 0.3 is 0 Å². The molecule has 0 aromatic carbocycles. The van der Waals surface area contributed by atoms with Crippen molar-refractivity contribution in [1.29, 1.82) is 0 Å². The molecule has 5 heteroatoms. The number of nitrogens with zero attached hydrogens (tertiary/aromatic N) is 2. The minimum Gasteiger partial charge on any atom is -0.374 e. The molecular formula is C17H36N4O. The zero-order chi connectivity index (χ0) is 16.5. The van der Waals surface area contributed by atoms with Crippen molar-refractivity contribution in [3.8, 4) is 0 Å². The second-order valence-corrected chi connectivity index (χ2v) is 7.04. The van der Waals surface area contributed by atoms with Gasteiger partial charge in [-0.25, -0.2) is 0 Å². The highest BCUT2D eigenvalue weighted by Crippen LogP contribution is 2.08. The second-order valence-electron chi connectivity index (χ2n) is 7.04. The van der Waals surface area contributed by atoms with Gasteiger partial charge in [0.05, 0.1) is 19.3 Å². The van der Waals surface area contributed by atoms with Gasteiger partial charge < -0.3 is 15.4 Å². The first-order valence-electron chi connectivity index (χ1n) is 8.81. The number of rotatable bonds is 7. The van der Waals surface area contributed by atoms with Crippen LogP contribution < -0.4 is 10.6 Å². The zero-order valence-electron chi connectivity index (χ0n) is 15.4. The van der Waals surface area contributed by atoms with E-state index in [0.717, 1.165) is 45.3 Å². The lowest BCUT2D eigenvalue weighted by Gasteiger charge is -2.33. The van der Waals surface area contributed by atoms with Crippen LogP contribution in [-0.4, -0.2) is 62.3 Å². The average Bonchev–Trinajstić information content (AvgIpc) is 2.44. The lowest BCUT2D eigenvalue weighted by molar-refractivity contribution is -0.0262. The highest BCUT2D eigenvalue weighted by molar-refractivity contribution is 5.80. The van der Waals surface area contributed by atoms with Crippen LogP contribution >= 0.6 is 0 Å². The van der Waals surface area contributed by atoms with Gasteiger partial charge in [0.1, 0.15) is 0 Å². The van der Waals surface area contributed by atoms with E-state index in [1.54, 1.807) is 0 Å². The van der Waals surface area contributed by atoms with E-state index in [9.17, 15) is 0 Å². The smallest absolute Gasteiger partial charge is 0.191 e. The molecule has 0 aromatic heterocycles. The summed E-state index contributed by atoms with van der Waals surface area (Å²) >= 11 is 0. The molecule has 22 heavy (non-hydrogen) atoms. The third-order valence-corrected chi connectivity index (χ3v) is 4.01. The van der Waals surface area contributed by atoms with E-state index in [0.29, 0.717) is 17.9 Å². The normalized spacial score (nSPS) is 22.2. The van der Waals surface area contributed by atoms with Crippen molar-refractivity contribution < 1.29 is 4.74 Å². The Bertz CT molecular complexity index is 331. The fourth-order valence-corrected chi connectivity index (χ4v) is 2.47. The van der Waals surface area contributed by atoms with Crippen LogP contribution in [0.15, 0.2) is 4.99 Å². The number of hydrogen-bond acceptors (Lipinski definition) is 3. The molecule has 0 aliphatic carbocycles. The Kier molecular flexibility index (Phi) is 8.79. The van der Waals surface area contributed by atoms with Gasteiger partial charge in [0.2, 0.25) is 0 Å². The monoisotopic (exact) mass is 312 g/mol. The maximum atomic E-state index is 5.87. The SMILES string of the molecule is CCNC(=NCC1CN(CC(C)C)CCO1)NC(C)C(C)C. The van der Waals surface area contributed by atoms with Crippen LogP contribution in [0.1, 0.15) is 41.5 Å². The van der Waals surface area contributed by atoms with E-state index in [4.69, 9.17) is 9.73 Å². The predicted molar refractivity (Wildman–Crippen MR) is 94.4 cm³/mol. The molecule has 1 fully saturated rings. The van der Waals surface area contributed by atoms with Crippen LogP contribution in [0.2, 0.25) is 0 Å². The summed E-state index contributed by atoms with van der Waals surface area (Å²) in [4.78, 5) is 7.21. The number of aliphatic imine (C=N–C) groups is 1. The molecule has 0 saturated carbocycles. The minimum absolute atomic E-state index is 0.206. The van der Waals surface area contributed by atoms with Crippen molar-refractivity contribution in [3.05, 3.63) is 0 Å². The summed E-state index contributed by atoms with van der Waals surface area (Å²) in [5.74, 6) is 2.18. The number of ether oxygens (including phenoxy) is 1. The molecule has 2 atom stereocenters. The summed E-state index contributed by atoms with van der Waals surface area (Å²) in [6, 6.07) is 0.405. The molecular weight excluding hydrogens is 276 g/mol. The first-order valence-corrected chi connectivity index (χ1v) is 8.81. The molecule has 1 aliphatic heterocycles. The van der Waals surface area contributed by atoms with Gasteiger partial charge in [-0.2, -0.15) is 0 Å². The highest BCUT2D eigenvalue weighted by atomic mass is 16.5. The molecule has 1 saturated heterocycles. The lowest BCUT2D eigenvalue weighted by atomic mass is 10.1. The van der Waals surface area contributed by atoms with E-state index >= 15 is 0 Å². The van der Waals surface area contributed by atoms with Crippen LogP contribution in [0.3, 0.4) is 0 Å². The topological polar surface area (TPSA) is 48.9 Å². The van der Waals surface area contributed by atoms with E-state index in [-0.39, 0.29) is 6.10 Å². The Balaban J connectivity index is 2.50. The number of nitrogens with one attached hydrogen (secondary N) is 2. The van der Waals surface area contributed by atoms with E-state index in [2.05, 4.69) is 57.1 Å². The molecule has 0 radical (unpaired) electrons. The summed E-state index contributed by atoms with van der Waals surface area (Å²) in [6.45, 7) is 18.8. The Morgan fingerprint density at radius 1 is 1.27 bits per heavy atom. The molecule has 0 aromatic rings. The van der Waals surface area contributed by atoms with Crippen LogP contribution in [0, 0.1) is 11.8 Å². The van der Waals surface area contributed by atoms with Gasteiger partial charge in [-0.05, 0) is 25.7 Å². The van der Waals surface area contributed by atoms with Crippen molar-refractivity contribution in [2.75, 3.05) is 39.3 Å². The molecule has 0 spiro atoms. The van der Waals surface area contributed by atoms with Crippen molar-refractivity contribution in [3.63, 3.8) is 0 Å². The largest absolute Gasteiger partial charge is 0.374 e. The van der Waals surface area contributed by atoms with Gasteiger partial charge in [-0.15, -0.1) is 0 Å². The standard InChI is InChI=1S/C17H36N4O/c1-7-18-17(20-15(6)14(4)5)19-10-16-12-21(8-9-22-16)11-13(2)3/h13-16H,7-12H2,1-6H3,(H2,18,19,20). The zero-order valence-corrected chi connectivity index (χ0v) is 15.4. The van der Waals surface area contributed by atoms with Crippen molar-refractivity contribution in [1.82, 2.24) is 15.5 Å². The van der Waals surface area contributed by atoms with Crippen LogP contribution in [0.4, 0.5) is 0 Å². The molecule has 0 amide bonds. The van der Waals surface area contributed by atoms with Crippen LogP contribution in [0.25, 0.3) is 0 Å². The third-order valence-electron chi connectivity index (χ3n) is 4.01. The van der Waals surface area contributed by atoms with E-state index in [1.807, 2.05) is 0 Å². The fraction of sp³-hybridized carbons (Fsp3) is 0.941. The van der Waals surface area contributed by atoms with Gasteiger partial charge in [-0.3, -0.25) is 9.89 Å². The molecule has 1 heterocycles. The molecule has 2 unspecified atom stereocenters. The average molecular weight is 313 g/mol.